The Kier molecular flexibility index (Phi) is 2.78. The molecular weight excluding hydrogens is 224 g/mol. The van der Waals surface area contributed by atoms with Crippen molar-refractivity contribution < 1.29 is 19.4 Å². The summed E-state index contributed by atoms with van der Waals surface area (Å²) in [6.07, 6.45) is 0. The Labute approximate surface area is 96.4 Å². The largest absolute Gasteiger partial charge is 0.480 e. The third-order valence-electron chi connectivity index (χ3n) is 2.32. The van der Waals surface area contributed by atoms with Crippen molar-refractivity contribution in [1.29, 1.82) is 0 Å². The van der Waals surface area contributed by atoms with Crippen molar-refractivity contribution in [1.82, 2.24) is 9.78 Å². The van der Waals surface area contributed by atoms with Crippen LogP contribution >= 0.6 is 0 Å². The lowest BCUT2D eigenvalue weighted by Crippen LogP contribution is -2.11. The fourth-order valence-corrected chi connectivity index (χ4v) is 1.62. The molecule has 0 aliphatic rings. The summed E-state index contributed by atoms with van der Waals surface area (Å²) in [7, 11) is 1.26. The highest BCUT2D eigenvalue weighted by Crippen LogP contribution is 2.18. The quantitative estimate of drug-likeness (QED) is 0.798. The Balaban J connectivity index is 2.62. The minimum absolute atomic E-state index is 0.129. The second-order valence-corrected chi connectivity index (χ2v) is 3.41. The average Bonchev–Trinajstić information content (AvgIpc) is 2.67. The van der Waals surface area contributed by atoms with E-state index >= 15 is 0 Å². The summed E-state index contributed by atoms with van der Waals surface area (Å²) in [5.41, 5.74) is 0.722. The molecule has 0 saturated carbocycles. The van der Waals surface area contributed by atoms with Gasteiger partial charge in [-0.1, -0.05) is 18.2 Å². The molecule has 0 amide bonds. The topological polar surface area (TPSA) is 81.4 Å². The van der Waals surface area contributed by atoms with E-state index in [0.717, 1.165) is 0 Å². The van der Waals surface area contributed by atoms with E-state index in [-0.39, 0.29) is 12.2 Å². The van der Waals surface area contributed by atoms with Gasteiger partial charge in [0.05, 0.1) is 12.6 Å². The minimum Gasteiger partial charge on any atom is -0.480 e. The van der Waals surface area contributed by atoms with Crippen LogP contribution in [0, 0.1) is 0 Å². The number of ether oxygens (including phenoxy) is 1. The number of methoxy groups -OCH3 is 1. The molecule has 17 heavy (non-hydrogen) atoms. The molecule has 88 valence electrons. The van der Waals surface area contributed by atoms with Crippen LogP contribution in [0.25, 0.3) is 10.9 Å². The standard InChI is InChI=1S/C11H10N2O4/c1-17-11(16)10-7-4-2-3-5-8(7)13(12-10)6-9(14)15/h2-5H,6H2,1H3,(H,14,15). The maximum Gasteiger partial charge on any atom is 0.359 e. The molecule has 1 aromatic heterocycles. The first-order valence-electron chi connectivity index (χ1n) is 4.89. The number of nitrogens with zero attached hydrogens (tertiary/aromatic N) is 2. The number of hydrogen-bond acceptors (Lipinski definition) is 4. The molecular formula is C11H10N2O4. The van der Waals surface area contributed by atoms with Crippen LogP contribution in [-0.2, 0) is 16.1 Å². The normalized spacial score (nSPS) is 10.4. The van der Waals surface area contributed by atoms with Gasteiger partial charge in [-0.2, -0.15) is 5.10 Å². The number of fused-ring (bicyclic) bond motifs is 1. The Hall–Kier alpha value is -2.37. The Morgan fingerprint density at radius 2 is 2.12 bits per heavy atom. The first kappa shape index (κ1) is 11.1. The number of carboxylic acid groups (broad SMARTS) is 1. The molecule has 1 heterocycles. The van der Waals surface area contributed by atoms with Gasteiger partial charge in [0.25, 0.3) is 0 Å². The number of para-hydroxylation sites is 1. The van der Waals surface area contributed by atoms with E-state index in [4.69, 9.17) is 5.11 Å². The predicted molar refractivity (Wildman–Crippen MR) is 58.7 cm³/mol. The molecule has 0 saturated heterocycles. The van der Waals surface area contributed by atoms with E-state index in [1.807, 2.05) is 0 Å². The third-order valence-corrected chi connectivity index (χ3v) is 2.32. The molecule has 0 aliphatic heterocycles. The Bertz CT molecular complexity index is 588. The SMILES string of the molecule is COC(=O)c1nn(CC(=O)O)c2ccccc12. The maximum absolute atomic E-state index is 11.5. The third kappa shape index (κ3) is 1.96. The van der Waals surface area contributed by atoms with Gasteiger partial charge in [-0.05, 0) is 6.07 Å². The molecule has 6 nitrogen and oxygen atoms in total. The van der Waals surface area contributed by atoms with Crippen LogP contribution in [0.15, 0.2) is 24.3 Å². The zero-order chi connectivity index (χ0) is 12.4. The first-order chi connectivity index (χ1) is 8.13. The number of esters is 1. The van der Waals surface area contributed by atoms with Gasteiger partial charge in [0.1, 0.15) is 6.54 Å². The van der Waals surface area contributed by atoms with Crippen molar-refractivity contribution in [2.45, 2.75) is 6.54 Å². The summed E-state index contributed by atoms with van der Waals surface area (Å²) < 4.78 is 5.87. The highest BCUT2D eigenvalue weighted by atomic mass is 16.5. The zero-order valence-electron chi connectivity index (χ0n) is 9.08. The van der Waals surface area contributed by atoms with E-state index in [1.165, 1.54) is 11.8 Å². The van der Waals surface area contributed by atoms with Crippen molar-refractivity contribution in [3.63, 3.8) is 0 Å². The molecule has 0 fully saturated rings. The van der Waals surface area contributed by atoms with Crippen molar-refractivity contribution in [3.05, 3.63) is 30.0 Å². The molecule has 2 rings (SSSR count). The number of hydrogen-bond donors (Lipinski definition) is 1. The van der Waals surface area contributed by atoms with Gasteiger partial charge in [0.15, 0.2) is 5.69 Å². The molecule has 0 radical (unpaired) electrons. The highest BCUT2D eigenvalue weighted by molar-refractivity contribution is 6.02. The molecule has 0 atom stereocenters. The number of carbonyl (C=O) groups is 2. The van der Waals surface area contributed by atoms with Gasteiger partial charge in [0, 0.05) is 5.39 Å². The summed E-state index contributed by atoms with van der Waals surface area (Å²) in [6, 6.07) is 6.91. The number of carbonyl (C=O) groups excluding carboxylic acids is 1. The van der Waals surface area contributed by atoms with Crippen LogP contribution < -0.4 is 0 Å². The van der Waals surface area contributed by atoms with Crippen LogP contribution in [0.3, 0.4) is 0 Å². The smallest absolute Gasteiger partial charge is 0.359 e. The number of aliphatic carboxylic acids is 1. The van der Waals surface area contributed by atoms with Crippen LogP contribution in [0.5, 0.6) is 0 Å². The maximum atomic E-state index is 11.5. The number of rotatable bonds is 3. The van der Waals surface area contributed by atoms with Gasteiger partial charge < -0.3 is 9.84 Å². The van der Waals surface area contributed by atoms with E-state index in [9.17, 15) is 9.59 Å². The van der Waals surface area contributed by atoms with Gasteiger partial charge in [-0.15, -0.1) is 0 Å². The second kappa shape index (κ2) is 4.25. The van der Waals surface area contributed by atoms with E-state index < -0.39 is 11.9 Å². The molecule has 0 bridgehead atoms. The number of carboxylic acids is 1. The van der Waals surface area contributed by atoms with Crippen LogP contribution in [0.1, 0.15) is 10.5 Å². The van der Waals surface area contributed by atoms with Crippen molar-refractivity contribution in [2.24, 2.45) is 0 Å². The lowest BCUT2D eigenvalue weighted by Gasteiger charge is -1.97. The van der Waals surface area contributed by atoms with Gasteiger partial charge in [-0.3, -0.25) is 9.48 Å². The van der Waals surface area contributed by atoms with Crippen molar-refractivity contribution in [2.75, 3.05) is 7.11 Å². The molecule has 2 aromatic rings. The number of aromatic nitrogens is 2. The summed E-state index contributed by atoms with van der Waals surface area (Å²) >= 11 is 0. The van der Waals surface area contributed by atoms with Crippen LogP contribution in [0.2, 0.25) is 0 Å². The molecule has 0 unspecified atom stereocenters. The molecule has 0 spiro atoms. The monoisotopic (exact) mass is 234 g/mol. The van der Waals surface area contributed by atoms with Crippen molar-refractivity contribution in [3.8, 4) is 0 Å². The van der Waals surface area contributed by atoms with E-state index in [2.05, 4.69) is 9.84 Å². The predicted octanol–water partition coefficient (Wildman–Crippen LogP) is 0.907. The van der Waals surface area contributed by atoms with Gasteiger partial charge in [0.2, 0.25) is 0 Å². The average molecular weight is 234 g/mol. The molecule has 6 heteroatoms. The van der Waals surface area contributed by atoms with Crippen molar-refractivity contribution >= 4 is 22.8 Å². The fraction of sp³-hybridized carbons (Fsp3) is 0.182. The van der Waals surface area contributed by atoms with E-state index in [0.29, 0.717) is 10.9 Å². The van der Waals surface area contributed by atoms with Crippen LogP contribution in [0.4, 0.5) is 0 Å². The van der Waals surface area contributed by atoms with E-state index in [1.54, 1.807) is 24.3 Å². The highest BCUT2D eigenvalue weighted by Gasteiger charge is 2.18. The Morgan fingerprint density at radius 1 is 1.41 bits per heavy atom. The minimum atomic E-state index is -1.02. The van der Waals surface area contributed by atoms with Gasteiger partial charge >= 0.3 is 11.9 Å². The zero-order valence-corrected chi connectivity index (χ0v) is 9.08. The molecule has 0 aliphatic carbocycles. The molecule has 1 N–H and O–H groups in total. The summed E-state index contributed by atoms with van der Waals surface area (Å²) in [4.78, 5) is 22.2. The molecule has 1 aromatic carbocycles. The van der Waals surface area contributed by atoms with Crippen LogP contribution in [-0.4, -0.2) is 33.9 Å². The lowest BCUT2D eigenvalue weighted by atomic mass is 10.2. The lowest BCUT2D eigenvalue weighted by molar-refractivity contribution is -0.137. The first-order valence-corrected chi connectivity index (χ1v) is 4.89. The Morgan fingerprint density at radius 3 is 2.76 bits per heavy atom. The summed E-state index contributed by atoms with van der Waals surface area (Å²) in [5.74, 6) is -1.60. The number of benzene rings is 1. The van der Waals surface area contributed by atoms with Gasteiger partial charge in [-0.25, -0.2) is 4.79 Å². The second-order valence-electron chi connectivity index (χ2n) is 3.41. The fourth-order valence-electron chi connectivity index (χ4n) is 1.62. The summed E-state index contributed by atoms with van der Waals surface area (Å²) in [5, 5.41) is 13.3. The summed E-state index contributed by atoms with van der Waals surface area (Å²) in [6.45, 7) is -0.294.